The molecule has 1 aliphatic carbocycles. The van der Waals surface area contributed by atoms with Crippen LogP contribution in [0.4, 0.5) is 0 Å². The fourth-order valence-electron chi connectivity index (χ4n) is 2.50. The summed E-state index contributed by atoms with van der Waals surface area (Å²) in [6.45, 7) is 0. The third kappa shape index (κ3) is 3.37. The monoisotopic (exact) mass is 296 g/mol. The van der Waals surface area contributed by atoms with E-state index in [1.807, 2.05) is 18.4 Å². The Balaban J connectivity index is 3.23. The van der Waals surface area contributed by atoms with Gasteiger partial charge in [0.05, 0.1) is 14.2 Å². The molecule has 0 radical (unpaired) electrons. The van der Waals surface area contributed by atoms with Crippen molar-refractivity contribution in [2.24, 2.45) is 11.3 Å². The molecule has 0 bridgehead atoms. The molecule has 0 aromatic carbocycles. The van der Waals surface area contributed by atoms with Crippen molar-refractivity contribution >= 4 is 23.7 Å². The van der Waals surface area contributed by atoms with E-state index in [1.54, 1.807) is 0 Å². The van der Waals surface area contributed by atoms with Gasteiger partial charge in [-0.1, -0.05) is 29.8 Å². The van der Waals surface area contributed by atoms with Crippen molar-refractivity contribution in [1.82, 2.24) is 0 Å². The summed E-state index contributed by atoms with van der Waals surface area (Å²) in [5, 5.41) is 2.83. The van der Waals surface area contributed by atoms with Gasteiger partial charge in [-0.15, -0.1) is 0 Å². The van der Waals surface area contributed by atoms with Gasteiger partial charge in [0.1, 0.15) is 0 Å². The van der Waals surface area contributed by atoms with Crippen LogP contribution in [-0.2, 0) is 19.1 Å². The van der Waals surface area contributed by atoms with Gasteiger partial charge in [0.2, 0.25) is 0 Å². The zero-order chi connectivity index (χ0) is 15.0. The summed E-state index contributed by atoms with van der Waals surface area (Å²) in [4.78, 5) is 24.6. The maximum absolute atomic E-state index is 12.3. The molecule has 0 amide bonds. The Kier molecular flexibility index (Phi) is 6.66. The summed E-state index contributed by atoms with van der Waals surface area (Å²) in [6, 6.07) is 0. The molecule has 0 aliphatic heterocycles. The smallest absolute Gasteiger partial charge is 0.324 e. The highest BCUT2D eigenvalue weighted by Crippen LogP contribution is 2.40. The van der Waals surface area contributed by atoms with Crippen molar-refractivity contribution in [2.75, 3.05) is 20.5 Å². The molecule has 0 heterocycles. The molecule has 0 spiro atoms. The van der Waals surface area contributed by atoms with Crippen molar-refractivity contribution < 1.29 is 19.1 Å². The number of carbonyl (C=O) groups excluding carboxylic acids is 2. The summed E-state index contributed by atoms with van der Waals surface area (Å²) < 4.78 is 9.75. The van der Waals surface area contributed by atoms with Crippen LogP contribution in [0.2, 0.25) is 0 Å². The summed E-state index contributed by atoms with van der Waals surface area (Å²) in [5.74, 6) is 1.51. The first-order valence-electron chi connectivity index (χ1n) is 6.47. The normalized spacial score (nSPS) is 17.9. The van der Waals surface area contributed by atoms with Gasteiger partial charge in [-0.3, -0.25) is 9.59 Å². The predicted molar refractivity (Wildman–Crippen MR) is 78.9 cm³/mol. The first-order chi connectivity index (χ1) is 9.63. The maximum Gasteiger partial charge on any atom is 0.324 e. The minimum absolute atomic E-state index is 0.113. The van der Waals surface area contributed by atoms with Crippen LogP contribution < -0.4 is 0 Å². The van der Waals surface area contributed by atoms with Crippen LogP contribution in [-0.4, -0.2) is 32.4 Å². The summed E-state index contributed by atoms with van der Waals surface area (Å²) >= 11 is 1.34. The van der Waals surface area contributed by atoms with Crippen LogP contribution in [0.15, 0.2) is 12.2 Å². The minimum atomic E-state index is -1.36. The summed E-state index contributed by atoms with van der Waals surface area (Å²) in [6.07, 6.45) is 8.52. The molecule has 20 heavy (non-hydrogen) atoms. The number of rotatable bonds is 4. The lowest BCUT2D eigenvalue weighted by atomic mass is 9.69. The van der Waals surface area contributed by atoms with Crippen LogP contribution in [0.1, 0.15) is 25.7 Å². The van der Waals surface area contributed by atoms with Crippen molar-refractivity contribution in [1.29, 1.82) is 0 Å². The largest absolute Gasteiger partial charge is 0.468 e. The number of ether oxygens (including phenoxy) is 2. The average molecular weight is 296 g/mol. The lowest BCUT2D eigenvalue weighted by Gasteiger charge is -2.34. The number of allylic oxidation sites excluding steroid dienone is 2. The Bertz CT molecular complexity index is 429. The van der Waals surface area contributed by atoms with E-state index in [0.717, 1.165) is 19.3 Å². The molecule has 4 nitrogen and oxygen atoms in total. The van der Waals surface area contributed by atoms with Crippen LogP contribution >= 0.6 is 11.8 Å². The van der Waals surface area contributed by atoms with Crippen molar-refractivity contribution in [3.63, 3.8) is 0 Å². The van der Waals surface area contributed by atoms with Gasteiger partial charge in [0, 0.05) is 12.3 Å². The zero-order valence-electron chi connectivity index (χ0n) is 12.1. The fourth-order valence-corrected chi connectivity index (χ4v) is 2.71. The first-order valence-corrected chi connectivity index (χ1v) is 7.70. The van der Waals surface area contributed by atoms with Gasteiger partial charge < -0.3 is 9.47 Å². The van der Waals surface area contributed by atoms with E-state index >= 15 is 0 Å². The highest BCUT2D eigenvalue weighted by molar-refractivity contribution is 8.03. The molecule has 1 atom stereocenters. The fraction of sp³-hybridized carbons (Fsp3) is 0.600. The second kappa shape index (κ2) is 8.01. The van der Waals surface area contributed by atoms with Gasteiger partial charge in [-0.25, -0.2) is 0 Å². The van der Waals surface area contributed by atoms with E-state index in [2.05, 4.69) is 11.2 Å². The molecule has 0 saturated carbocycles. The third-order valence-electron chi connectivity index (χ3n) is 3.53. The molecule has 0 N–H and O–H groups in total. The molecular formula is C15H20O4S. The first kappa shape index (κ1) is 16.6. The molecule has 110 valence electrons. The molecule has 1 aliphatic rings. The molecule has 0 aromatic rings. The van der Waals surface area contributed by atoms with E-state index in [0.29, 0.717) is 0 Å². The number of hydrogen-bond donors (Lipinski definition) is 0. The molecule has 1 rings (SSSR count). The van der Waals surface area contributed by atoms with Crippen molar-refractivity contribution in [2.45, 2.75) is 25.7 Å². The Morgan fingerprint density at radius 3 is 2.45 bits per heavy atom. The van der Waals surface area contributed by atoms with Gasteiger partial charge in [-0.05, 0) is 30.8 Å². The lowest BCUT2D eigenvalue weighted by Crippen LogP contribution is -2.47. The number of hydrogen-bond acceptors (Lipinski definition) is 5. The molecule has 0 saturated heterocycles. The molecule has 1 unspecified atom stereocenters. The number of carbonyl (C=O) groups is 2. The quantitative estimate of drug-likeness (QED) is 0.345. The molecule has 0 fully saturated rings. The van der Waals surface area contributed by atoms with Crippen molar-refractivity contribution in [3.8, 4) is 11.2 Å². The van der Waals surface area contributed by atoms with Crippen molar-refractivity contribution in [3.05, 3.63) is 12.2 Å². The van der Waals surface area contributed by atoms with E-state index < -0.39 is 17.4 Å². The highest BCUT2D eigenvalue weighted by atomic mass is 32.2. The molecule has 0 aromatic heterocycles. The average Bonchev–Trinajstić information content (AvgIpc) is 2.51. The predicted octanol–water partition coefficient (Wildman–Crippen LogP) is 2.39. The third-order valence-corrected chi connectivity index (χ3v) is 3.88. The summed E-state index contributed by atoms with van der Waals surface area (Å²) in [5.41, 5.74) is -1.36. The number of esters is 2. The van der Waals surface area contributed by atoms with E-state index in [4.69, 9.17) is 9.47 Å². The van der Waals surface area contributed by atoms with Crippen LogP contribution in [0, 0.1) is 22.5 Å². The molecule has 5 heteroatoms. The Morgan fingerprint density at radius 1 is 1.35 bits per heavy atom. The van der Waals surface area contributed by atoms with E-state index in [1.165, 1.54) is 26.0 Å². The lowest BCUT2D eigenvalue weighted by molar-refractivity contribution is -0.172. The topological polar surface area (TPSA) is 52.6 Å². The SMILES string of the molecule is COC(=O)C(CC#CSC)(C(=O)OC)C1C=CCCC1. The Morgan fingerprint density at radius 2 is 2.00 bits per heavy atom. The minimum Gasteiger partial charge on any atom is -0.468 e. The van der Waals surface area contributed by atoms with E-state index in [-0.39, 0.29) is 12.3 Å². The molecular weight excluding hydrogens is 276 g/mol. The number of thioether (sulfide) groups is 1. The standard InChI is InChI=1S/C15H20O4S/c1-18-13(16)15(14(17)19-2,10-7-11-20-3)12-8-5-4-6-9-12/h5,8,12H,4,6,9-10H2,1-3H3. The van der Waals surface area contributed by atoms with Crippen LogP contribution in [0.25, 0.3) is 0 Å². The van der Waals surface area contributed by atoms with Crippen LogP contribution in [0.5, 0.6) is 0 Å². The zero-order valence-corrected chi connectivity index (χ0v) is 12.9. The summed E-state index contributed by atoms with van der Waals surface area (Å²) in [7, 11) is 2.57. The second-order valence-electron chi connectivity index (χ2n) is 4.58. The van der Waals surface area contributed by atoms with Gasteiger partial charge in [0.25, 0.3) is 0 Å². The number of methoxy groups -OCH3 is 2. The Labute approximate surface area is 124 Å². The second-order valence-corrected chi connectivity index (χ2v) is 5.19. The maximum atomic E-state index is 12.3. The highest BCUT2D eigenvalue weighted by Gasteiger charge is 2.53. The Hall–Kier alpha value is -1.41. The van der Waals surface area contributed by atoms with E-state index in [9.17, 15) is 9.59 Å². The van der Waals surface area contributed by atoms with Gasteiger partial charge >= 0.3 is 11.9 Å². The van der Waals surface area contributed by atoms with Crippen LogP contribution in [0.3, 0.4) is 0 Å². The van der Waals surface area contributed by atoms with Gasteiger partial charge in [0.15, 0.2) is 5.41 Å². The van der Waals surface area contributed by atoms with Gasteiger partial charge in [-0.2, -0.15) is 0 Å².